The van der Waals surface area contributed by atoms with E-state index in [-0.39, 0.29) is 5.91 Å². The average molecular weight is 313 g/mol. The second kappa shape index (κ2) is 7.18. The van der Waals surface area contributed by atoms with E-state index in [1.807, 2.05) is 45.0 Å². The van der Waals surface area contributed by atoms with Gasteiger partial charge in [-0.25, -0.2) is 0 Å². The maximum atomic E-state index is 12.7. The van der Waals surface area contributed by atoms with E-state index in [9.17, 15) is 4.79 Å². The molecule has 0 fully saturated rings. The SMILES string of the molecule is CCc1cc(OC)c(OC)cc1C(=O)Nc1ccc(C)c(C)c1. The van der Waals surface area contributed by atoms with Gasteiger partial charge in [0.1, 0.15) is 0 Å². The second-order valence-electron chi connectivity index (χ2n) is 5.47. The summed E-state index contributed by atoms with van der Waals surface area (Å²) in [5.41, 5.74) is 4.65. The molecular weight excluding hydrogens is 290 g/mol. The predicted molar refractivity (Wildman–Crippen MR) is 92.8 cm³/mol. The molecule has 122 valence electrons. The van der Waals surface area contributed by atoms with Gasteiger partial charge in [-0.05, 0) is 61.2 Å². The monoisotopic (exact) mass is 313 g/mol. The van der Waals surface area contributed by atoms with E-state index in [2.05, 4.69) is 5.32 Å². The topological polar surface area (TPSA) is 47.6 Å². The molecule has 23 heavy (non-hydrogen) atoms. The van der Waals surface area contributed by atoms with E-state index in [1.54, 1.807) is 20.3 Å². The third-order valence-electron chi connectivity index (χ3n) is 4.00. The number of aryl methyl sites for hydroxylation is 3. The van der Waals surface area contributed by atoms with Gasteiger partial charge < -0.3 is 14.8 Å². The first-order valence-corrected chi connectivity index (χ1v) is 7.63. The van der Waals surface area contributed by atoms with Crippen LogP contribution < -0.4 is 14.8 Å². The first-order valence-electron chi connectivity index (χ1n) is 7.63. The van der Waals surface area contributed by atoms with Crippen molar-refractivity contribution in [1.29, 1.82) is 0 Å². The van der Waals surface area contributed by atoms with Crippen molar-refractivity contribution in [3.8, 4) is 11.5 Å². The molecule has 0 spiro atoms. The van der Waals surface area contributed by atoms with Crippen LogP contribution in [-0.4, -0.2) is 20.1 Å². The minimum Gasteiger partial charge on any atom is -0.493 e. The summed E-state index contributed by atoms with van der Waals surface area (Å²) in [4.78, 5) is 12.7. The molecule has 0 aliphatic carbocycles. The van der Waals surface area contributed by atoms with E-state index in [0.717, 1.165) is 23.2 Å². The smallest absolute Gasteiger partial charge is 0.256 e. The van der Waals surface area contributed by atoms with Crippen molar-refractivity contribution >= 4 is 11.6 Å². The molecule has 4 heteroatoms. The van der Waals surface area contributed by atoms with Crippen LogP contribution in [0.1, 0.15) is 34.0 Å². The quantitative estimate of drug-likeness (QED) is 0.902. The molecule has 1 amide bonds. The van der Waals surface area contributed by atoms with Gasteiger partial charge >= 0.3 is 0 Å². The Kier molecular flexibility index (Phi) is 5.27. The minimum absolute atomic E-state index is 0.147. The molecule has 0 aliphatic heterocycles. The molecule has 4 nitrogen and oxygen atoms in total. The summed E-state index contributed by atoms with van der Waals surface area (Å²) in [5.74, 6) is 1.04. The maximum Gasteiger partial charge on any atom is 0.256 e. The lowest BCUT2D eigenvalue weighted by molar-refractivity contribution is 0.102. The molecule has 2 rings (SSSR count). The molecule has 2 aromatic rings. The highest BCUT2D eigenvalue weighted by atomic mass is 16.5. The number of carbonyl (C=O) groups is 1. The van der Waals surface area contributed by atoms with Gasteiger partial charge in [-0.1, -0.05) is 13.0 Å². The third-order valence-corrected chi connectivity index (χ3v) is 4.00. The van der Waals surface area contributed by atoms with Gasteiger partial charge in [0.05, 0.1) is 14.2 Å². The number of carbonyl (C=O) groups excluding carboxylic acids is 1. The highest BCUT2D eigenvalue weighted by Crippen LogP contribution is 2.31. The van der Waals surface area contributed by atoms with Gasteiger partial charge in [0.15, 0.2) is 11.5 Å². The van der Waals surface area contributed by atoms with Crippen LogP contribution in [0.25, 0.3) is 0 Å². The van der Waals surface area contributed by atoms with Crippen molar-refractivity contribution in [2.75, 3.05) is 19.5 Å². The van der Waals surface area contributed by atoms with Crippen molar-refractivity contribution in [2.45, 2.75) is 27.2 Å². The summed E-state index contributed by atoms with van der Waals surface area (Å²) in [6.45, 7) is 6.08. The first kappa shape index (κ1) is 16.9. The Balaban J connectivity index is 2.35. The molecule has 0 radical (unpaired) electrons. The molecule has 2 aromatic carbocycles. The van der Waals surface area contributed by atoms with E-state index >= 15 is 0 Å². The molecule has 0 bridgehead atoms. The Labute approximate surface area is 137 Å². The predicted octanol–water partition coefficient (Wildman–Crippen LogP) is 4.14. The first-order chi connectivity index (χ1) is 11.0. The van der Waals surface area contributed by atoms with Gasteiger partial charge in [0, 0.05) is 11.3 Å². The maximum absolute atomic E-state index is 12.7. The van der Waals surface area contributed by atoms with Crippen LogP contribution in [0.5, 0.6) is 11.5 Å². The highest BCUT2D eigenvalue weighted by Gasteiger charge is 2.16. The fourth-order valence-corrected chi connectivity index (χ4v) is 2.44. The van der Waals surface area contributed by atoms with E-state index in [4.69, 9.17) is 9.47 Å². The van der Waals surface area contributed by atoms with Gasteiger partial charge in [0.2, 0.25) is 0 Å². The molecule has 1 N–H and O–H groups in total. The molecule has 0 saturated heterocycles. The number of anilines is 1. The number of benzene rings is 2. The molecule has 0 aliphatic rings. The molecule has 0 heterocycles. The van der Waals surface area contributed by atoms with Gasteiger partial charge in [-0.15, -0.1) is 0 Å². The summed E-state index contributed by atoms with van der Waals surface area (Å²) in [6, 6.07) is 9.47. The normalized spacial score (nSPS) is 10.3. The number of hydrogen-bond acceptors (Lipinski definition) is 3. The van der Waals surface area contributed by atoms with Crippen molar-refractivity contribution in [3.05, 3.63) is 52.6 Å². The lowest BCUT2D eigenvalue weighted by atomic mass is 10.0. The highest BCUT2D eigenvalue weighted by molar-refractivity contribution is 6.05. The van der Waals surface area contributed by atoms with Gasteiger partial charge in [-0.2, -0.15) is 0 Å². The van der Waals surface area contributed by atoms with E-state index in [0.29, 0.717) is 17.1 Å². The summed E-state index contributed by atoms with van der Waals surface area (Å²) >= 11 is 0. The lowest BCUT2D eigenvalue weighted by Gasteiger charge is -2.14. The Morgan fingerprint density at radius 1 is 1.00 bits per heavy atom. The van der Waals surface area contributed by atoms with Gasteiger partial charge in [0.25, 0.3) is 5.91 Å². The van der Waals surface area contributed by atoms with Crippen LogP contribution >= 0.6 is 0 Å². The van der Waals surface area contributed by atoms with Crippen molar-refractivity contribution in [2.24, 2.45) is 0 Å². The van der Waals surface area contributed by atoms with Crippen LogP contribution in [0.4, 0.5) is 5.69 Å². The minimum atomic E-state index is -0.147. The average Bonchev–Trinajstić information content (AvgIpc) is 2.56. The molecule has 0 aromatic heterocycles. The summed E-state index contributed by atoms with van der Waals surface area (Å²) < 4.78 is 10.6. The van der Waals surface area contributed by atoms with E-state index < -0.39 is 0 Å². The summed E-state index contributed by atoms with van der Waals surface area (Å²) in [5, 5.41) is 2.95. The van der Waals surface area contributed by atoms with Crippen LogP contribution in [0.3, 0.4) is 0 Å². The van der Waals surface area contributed by atoms with Crippen LogP contribution in [0.15, 0.2) is 30.3 Å². The summed E-state index contributed by atoms with van der Waals surface area (Å²) in [6.07, 6.45) is 0.732. The van der Waals surface area contributed by atoms with Crippen LogP contribution in [0, 0.1) is 13.8 Å². The van der Waals surface area contributed by atoms with Crippen molar-refractivity contribution in [1.82, 2.24) is 0 Å². The standard InChI is InChI=1S/C19H23NO3/c1-6-14-10-17(22-4)18(23-5)11-16(14)19(21)20-15-8-7-12(2)13(3)9-15/h7-11H,6H2,1-5H3,(H,20,21). The van der Waals surface area contributed by atoms with Crippen LogP contribution in [0.2, 0.25) is 0 Å². The zero-order chi connectivity index (χ0) is 17.0. The van der Waals surface area contributed by atoms with Crippen molar-refractivity contribution in [3.63, 3.8) is 0 Å². The number of hydrogen-bond donors (Lipinski definition) is 1. The Morgan fingerprint density at radius 2 is 1.65 bits per heavy atom. The molecule has 0 saturated carbocycles. The number of ether oxygens (including phenoxy) is 2. The lowest BCUT2D eigenvalue weighted by Crippen LogP contribution is -2.15. The third kappa shape index (κ3) is 3.65. The Morgan fingerprint density at radius 3 is 2.22 bits per heavy atom. The van der Waals surface area contributed by atoms with Crippen molar-refractivity contribution < 1.29 is 14.3 Å². The largest absolute Gasteiger partial charge is 0.493 e. The summed E-state index contributed by atoms with van der Waals surface area (Å²) in [7, 11) is 3.15. The number of methoxy groups -OCH3 is 2. The van der Waals surface area contributed by atoms with Gasteiger partial charge in [-0.3, -0.25) is 4.79 Å². The number of amides is 1. The number of nitrogens with one attached hydrogen (secondary N) is 1. The molecular formula is C19H23NO3. The second-order valence-corrected chi connectivity index (χ2v) is 5.47. The van der Waals surface area contributed by atoms with E-state index in [1.165, 1.54) is 5.56 Å². The fraction of sp³-hybridized carbons (Fsp3) is 0.316. The zero-order valence-corrected chi connectivity index (χ0v) is 14.3. The Hall–Kier alpha value is -2.49. The zero-order valence-electron chi connectivity index (χ0n) is 14.3. The molecule has 0 unspecified atom stereocenters. The number of rotatable bonds is 5. The van der Waals surface area contributed by atoms with Crippen LogP contribution in [-0.2, 0) is 6.42 Å². The fourth-order valence-electron chi connectivity index (χ4n) is 2.44. The molecule has 0 atom stereocenters. The Bertz CT molecular complexity index is 723.